The molecule has 2 aliphatic rings. The molecule has 6 nitrogen and oxygen atoms in total. The molecule has 1 aliphatic heterocycles. The van der Waals surface area contributed by atoms with Gasteiger partial charge in [0.1, 0.15) is 0 Å². The number of nitrogens with two attached hydrogens (primary N) is 1. The first kappa shape index (κ1) is 22.8. The van der Waals surface area contributed by atoms with Crippen LogP contribution in [-0.2, 0) is 17.4 Å². The minimum atomic E-state index is -1.39. The van der Waals surface area contributed by atoms with Crippen molar-refractivity contribution in [1.82, 2.24) is 14.4 Å². The Morgan fingerprint density at radius 2 is 2.09 bits per heavy atom. The molecule has 0 radical (unpaired) electrons. The van der Waals surface area contributed by atoms with Crippen LogP contribution in [0.15, 0.2) is 36.8 Å². The third-order valence-electron chi connectivity index (χ3n) is 7.61. The Kier molecular flexibility index (Phi) is 5.78. The zero-order valence-electron chi connectivity index (χ0n) is 18.9. The molecule has 1 fully saturated rings. The normalized spacial score (nSPS) is 20.7. The second-order valence-electron chi connectivity index (χ2n) is 9.92. The number of terminal acetylenes is 1. The molecule has 2 N–H and O–H groups in total. The van der Waals surface area contributed by atoms with E-state index in [-0.39, 0.29) is 5.41 Å². The van der Waals surface area contributed by atoms with Crippen LogP contribution >= 0.6 is 22.6 Å². The number of imidazole rings is 1. The van der Waals surface area contributed by atoms with Crippen LogP contribution in [0.5, 0.6) is 0 Å². The van der Waals surface area contributed by atoms with Gasteiger partial charge in [0.15, 0.2) is 5.65 Å². The van der Waals surface area contributed by atoms with E-state index >= 15 is 0 Å². The monoisotopic (exact) mass is 573 g/mol. The number of hydrogen-bond donors (Lipinski definition) is 1. The quantitative estimate of drug-likeness (QED) is 0.378. The molecule has 1 aliphatic carbocycles. The summed E-state index contributed by atoms with van der Waals surface area (Å²) in [6, 6.07) is 6.41. The number of halogens is 1. The van der Waals surface area contributed by atoms with Crippen molar-refractivity contribution >= 4 is 45.2 Å². The van der Waals surface area contributed by atoms with Crippen LogP contribution in [0, 0.1) is 21.3 Å². The van der Waals surface area contributed by atoms with Crippen molar-refractivity contribution in [3.8, 4) is 12.3 Å². The molecule has 0 saturated carbocycles. The third-order valence-corrected chi connectivity index (χ3v) is 9.63. The fourth-order valence-corrected chi connectivity index (χ4v) is 6.58. The van der Waals surface area contributed by atoms with Gasteiger partial charge in [-0.3, -0.25) is 9.54 Å². The summed E-state index contributed by atoms with van der Waals surface area (Å²) in [7, 11) is -1.39. The molecular weight excluding hydrogens is 545 g/mol. The van der Waals surface area contributed by atoms with Crippen molar-refractivity contribution in [1.29, 1.82) is 0 Å². The lowest BCUT2D eigenvalue weighted by molar-refractivity contribution is 0.170. The first-order valence-corrected chi connectivity index (χ1v) is 13.5. The average molecular weight is 574 g/mol. The molecule has 3 aromatic rings. The highest BCUT2D eigenvalue weighted by atomic mass is 127. The second kappa shape index (κ2) is 8.36. The van der Waals surface area contributed by atoms with Crippen molar-refractivity contribution in [2.24, 2.45) is 10.6 Å². The van der Waals surface area contributed by atoms with E-state index in [4.69, 9.17) is 16.5 Å². The standard InChI is InChI=1S/C25H28IN5OS/c1-4-17-5-6-19-18(13-17)14-25(20(19)15-24(2,3)33(27)32)7-10-30(11-8-25)23-29-16-21(26)22-28-9-12-31(22)23/h1,5-6,9,12-13,16,20H,7-8,10-11,14-15,27H2,2-3H3/t20?,33-/m0/s1. The molecule has 1 spiro atoms. The predicted molar refractivity (Wildman–Crippen MR) is 141 cm³/mol. The largest absolute Gasteiger partial charge is 0.342 e. The fourth-order valence-electron chi connectivity index (χ4n) is 5.71. The van der Waals surface area contributed by atoms with Crippen molar-refractivity contribution in [2.75, 3.05) is 18.0 Å². The van der Waals surface area contributed by atoms with Crippen LogP contribution in [0.1, 0.15) is 55.7 Å². The zero-order chi connectivity index (χ0) is 23.4. The number of aromatic nitrogens is 3. The smallest absolute Gasteiger partial charge is 0.211 e. The molecular formula is C25H28IN5OS. The Bertz CT molecular complexity index is 1290. The summed E-state index contributed by atoms with van der Waals surface area (Å²) >= 11 is 2.28. The number of rotatable bonds is 4. The van der Waals surface area contributed by atoms with Gasteiger partial charge >= 0.3 is 0 Å². The number of anilines is 1. The van der Waals surface area contributed by atoms with Crippen molar-refractivity contribution in [3.05, 3.63) is 57.1 Å². The molecule has 5 rings (SSSR count). The SMILES string of the molecule is C#Cc1ccc2c(c1)CC1(CCN(c3ncc(I)c4nccn34)CC1)C2CC(C)(C)[S@@](N)=O. The second-order valence-corrected chi connectivity index (χ2v) is 12.8. The van der Waals surface area contributed by atoms with Crippen LogP contribution in [0.2, 0.25) is 0 Å². The highest BCUT2D eigenvalue weighted by molar-refractivity contribution is 14.1. The summed E-state index contributed by atoms with van der Waals surface area (Å²) in [6.45, 7) is 5.87. The highest BCUT2D eigenvalue weighted by Crippen LogP contribution is 2.56. The van der Waals surface area contributed by atoms with Crippen molar-refractivity contribution in [3.63, 3.8) is 0 Å². The van der Waals surface area contributed by atoms with Gasteiger partial charge in [-0.25, -0.2) is 14.2 Å². The molecule has 1 unspecified atom stereocenters. The topological polar surface area (TPSA) is 76.5 Å². The maximum absolute atomic E-state index is 12.3. The third kappa shape index (κ3) is 3.88. The van der Waals surface area contributed by atoms with Crippen LogP contribution < -0.4 is 10.0 Å². The van der Waals surface area contributed by atoms with Gasteiger partial charge in [0.2, 0.25) is 5.95 Å². The summed E-state index contributed by atoms with van der Waals surface area (Å²) in [6.07, 6.45) is 15.3. The lowest BCUT2D eigenvalue weighted by Gasteiger charge is -2.45. The Morgan fingerprint density at radius 1 is 1.33 bits per heavy atom. The van der Waals surface area contributed by atoms with E-state index in [0.717, 1.165) is 59.5 Å². The molecule has 8 heteroatoms. The first-order valence-electron chi connectivity index (χ1n) is 11.2. The summed E-state index contributed by atoms with van der Waals surface area (Å²) in [5.74, 6) is 4.04. The van der Waals surface area contributed by atoms with Crippen LogP contribution in [0.4, 0.5) is 5.95 Å². The number of fused-ring (bicyclic) bond motifs is 2. The van der Waals surface area contributed by atoms with Gasteiger partial charge in [0, 0.05) is 37.2 Å². The molecule has 0 amide bonds. The summed E-state index contributed by atoms with van der Waals surface area (Å²) in [5.41, 5.74) is 4.67. The van der Waals surface area contributed by atoms with Gasteiger partial charge in [-0.05, 0) is 96.7 Å². The lowest BCUT2D eigenvalue weighted by atomic mass is 9.67. The van der Waals surface area contributed by atoms with Crippen molar-refractivity contribution in [2.45, 2.75) is 50.2 Å². The molecule has 1 saturated heterocycles. The van der Waals surface area contributed by atoms with E-state index in [2.05, 4.69) is 54.9 Å². The zero-order valence-corrected chi connectivity index (χ0v) is 21.9. The van der Waals surface area contributed by atoms with E-state index in [1.54, 1.807) is 0 Å². The van der Waals surface area contributed by atoms with E-state index in [9.17, 15) is 4.21 Å². The lowest BCUT2D eigenvalue weighted by Crippen LogP contribution is -2.45. The average Bonchev–Trinajstić information content (AvgIpc) is 3.39. The molecule has 2 atom stereocenters. The highest BCUT2D eigenvalue weighted by Gasteiger charge is 2.49. The predicted octanol–water partition coefficient (Wildman–Crippen LogP) is 4.03. The van der Waals surface area contributed by atoms with Crippen LogP contribution in [0.25, 0.3) is 5.65 Å². The molecule has 1 aromatic carbocycles. The Balaban J connectivity index is 1.47. The van der Waals surface area contributed by atoms with Gasteiger partial charge in [-0.1, -0.05) is 12.0 Å². The molecule has 2 aromatic heterocycles. The maximum atomic E-state index is 12.3. The summed E-state index contributed by atoms with van der Waals surface area (Å²) in [5, 5.41) is 5.90. The van der Waals surface area contributed by atoms with Crippen LogP contribution in [0.3, 0.4) is 0 Å². The number of piperidine rings is 1. The van der Waals surface area contributed by atoms with Crippen LogP contribution in [-0.4, -0.2) is 36.4 Å². The molecule has 172 valence electrons. The summed E-state index contributed by atoms with van der Waals surface area (Å²) in [4.78, 5) is 11.6. The number of benzene rings is 1. The van der Waals surface area contributed by atoms with Gasteiger partial charge < -0.3 is 4.90 Å². The maximum Gasteiger partial charge on any atom is 0.211 e. The first-order chi connectivity index (χ1) is 15.7. The minimum Gasteiger partial charge on any atom is -0.342 e. The summed E-state index contributed by atoms with van der Waals surface area (Å²) < 4.78 is 15.0. The van der Waals surface area contributed by atoms with Crippen molar-refractivity contribution < 1.29 is 4.21 Å². The Labute approximate surface area is 211 Å². The van der Waals surface area contributed by atoms with E-state index in [1.807, 2.05) is 38.5 Å². The number of nitrogens with zero attached hydrogens (tertiary/aromatic N) is 4. The van der Waals surface area contributed by atoms with Gasteiger partial charge in [-0.2, -0.15) is 0 Å². The van der Waals surface area contributed by atoms with Gasteiger partial charge in [0.05, 0.1) is 19.3 Å². The van der Waals surface area contributed by atoms with E-state index < -0.39 is 15.7 Å². The minimum absolute atomic E-state index is 0.111. The Morgan fingerprint density at radius 3 is 2.79 bits per heavy atom. The van der Waals surface area contributed by atoms with E-state index in [0.29, 0.717) is 5.92 Å². The van der Waals surface area contributed by atoms with Gasteiger partial charge in [-0.15, -0.1) is 6.42 Å². The number of hydrogen-bond acceptors (Lipinski definition) is 4. The molecule has 0 bridgehead atoms. The van der Waals surface area contributed by atoms with Gasteiger partial charge in [0.25, 0.3) is 0 Å². The fraction of sp³-hybridized carbons (Fsp3) is 0.440. The molecule has 33 heavy (non-hydrogen) atoms. The Hall–Kier alpha value is -1.96. The molecule has 3 heterocycles. The van der Waals surface area contributed by atoms with E-state index in [1.165, 1.54) is 11.1 Å².